The van der Waals surface area contributed by atoms with Crippen LogP contribution in [0, 0.1) is 0 Å². The van der Waals surface area contributed by atoms with E-state index in [2.05, 4.69) is 10.3 Å². The maximum atomic E-state index is 12.6. The van der Waals surface area contributed by atoms with Gasteiger partial charge in [0.1, 0.15) is 5.82 Å². The van der Waals surface area contributed by atoms with Crippen LogP contribution >= 0.6 is 23.2 Å². The number of aryl methyl sites for hydroxylation is 1. The minimum Gasteiger partial charge on any atom is -0.398 e. The molecule has 3 N–H and O–H groups in total. The van der Waals surface area contributed by atoms with Crippen LogP contribution in [0.5, 0.6) is 0 Å². The highest BCUT2D eigenvalue weighted by atomic mass is 35.5. The van der Waals surface area contributed by atoms with Crippen LogP contribution in [-0.4, -0.2) is 10.9 Å². The average molecular weight is 362 g/mol. The molecule has 6 heteroatoms. The summed E-state index contributed by atoms with van der Waals surface area (Å²) in [4.78, 5) is 17.3. The van der Waals surface area contributed by atoms with Crippen LogP contribution in [0.25, 0.3) is 0 Å². The Labute approximate surface area is 150 Å². The zero-order valence-corrected chi connectivity index (χ0v) is 14.5. The number of hydrogen-bond acceptors (Lipinski definition) is 3. The lowest BCUT2D eigenvalue weighted by molar-refractivity contribution is -0.117. The molecule has 2 heterocycles. The number of halogens is 2. The minimum absolute atomic E-state index is 0.139. The van der Waals surface area contributed by atoms with Crippen LogP contribution in [0.2, 0.25) is 10.0 Å². The zero-order valence-electron chi connectivity index (χ0n) is 13.0. The summed E-state index contributed by atoms with van der Waals surface area (Å²) >= 11 is 12.6. The lowest BCUT2D eigenvalue weighted by atomic mass is 9.85. The van der Waals surface area contributed by atoms with Gasteiger partial charge in [-0.3, -0.25) is 4.79 Å². The highest BCUT2D eigenvalue weighted by Gasteiger charge is 2.34. The molecule has 4 nitrogen and oxygen atoms in total. The maximum absolute atomic E-state index is 12.6. The summed E-state index contributed by atoms with van der Waals surface area (Å²) in [6.45, 7) is 0. The molecule has 1 aliphatic carbocycles. The topological polar surface area (TPSA) is 68.0 Å². The standard InChI is InChI=1S/C18H17Cl2N3O/c19-12-5-3-6-13(20)15(12)10-8-11-16(21)9-4-1-2-7-14(9)22-17(11)23-18(10)24/h3,5-6,10H,1-2,4,7-8H2,(H3,21,22,23,24)/t10-/m0/s1. The molecule has 0 fully saturated rings. The molecule has 1 aromatic heterocycles. The first-order valence-corrected chi connectivity index (χ1v) is 8.86. The Kier molecular flexibility index (Phi) is 3.89. The number of hydrogen-bond donors (Lipinski definition) is 2. The summed E-state index contributed by atoms with van der Waals surface area (Å²) in [6.07, 6.45) is 4.58. The number of carbonyl (C=O) groups excluding carboxylic acids is 1. The highest BCUT2D eigenvalue weighted by Crippen LogP contribution is 2.41. The van der Waals surface area contributed by atoms with Crippen LogP contribution in [0.1, 0.15) is 41.1 Å². The van der Waals surface area contributed by atoms with Crippen molar-refractivity contribution < 1.29 is 4.79 Å². The Morgan fingerprint density at radius 1 is 1.12 bits per heavy atom. The van der Waals surface area contributed by atoms with E-state index in [-0.39, 0.29) is 5.91 Å². The van der Waals surface area contributed by atoms with Crippen molar-refractivity contribution in [1.29, 1.82) is 0 Å². The highest BCUT2D eigenvalue weighted by molar-refractivity contribution is 6.36. The largest absolute Gasteiger partial charge is 0.398 e. The normalized spacial score (nSPS) is 19.4. The lowest BCUT2D eigenvalue weighted by Gasteiger charge is -2.29. The molecule has 2 aromatic rings. The van der Waals surface area contributed by atoms with Gasteiger partial charge in [0.2, 0.25) is 5.91 Å². The second-order valence-corrected chi connectivity index (χ2v) is 7.18. The molecule has 2 aliphatic rings. The number of aromatic nitrogens is 1. The number of carbonyl (C=O) groups is 1. The molecular weight excluding hydrogens is 345 g/mol. The molecule has 0 spiro atoms. The molecule has 0 saturated heterocycles. The van der Waals surface area contributed by atoms with E-state index in [1.54, 1.807) is 18.2 Å². The molecule has 0 saturated carbocycles. The number of nitrogens with two attached hydrogens (primary N) is 1. The van der Waals surface area contributed by atoms with Gasteiger partial charge in [-0.2, -0.15) is 0 Å². The number of fused-ring (bicyclic) bond motifs is 2. The summed E-state index contributed by atoms with van der Waals surface area (Å²) in [6, 6.07) is 5.27. The predicted molar refractivity (Wildman–Crippen MR) is 96.8 cm³/mol. The lowest BCUT2D eigenvalue weighted by Crippen LogP contribution is -2.31. The fraction of sp³-hybridized carbons (Fsp3) is 0.333. The van der Waals surface area contributed by atoms with Gasteiger partial charge in [0.15, 0.2) is 0 Å². The van der Waals surface area contributed by atoms with Crippen molar-refractivity contribution in [2.24, 2.45) is 0 Å². The van der Waals surface area contributed by atoms with E-state index in [0.717, 1.165) is 48.2 Å². The second kappa shape index (κ2) is 5.94. The van der Waals surface area contributed by atoms with E-state index in [1.165, 1.54) is 0 Å². The van der Waals surface area contributed by atoms with E-state index in [9.17, 15) is 4.79 Å². The Morgan fingerprint density at radius 3 is 2.58 bits per heavy atom. The fourth-order valence-corrected chi connectivity index (χ4v) is 4.36. The van der Waals surface area contributed by atoms with Gasteiger partial charge in [-0.1, -0.05) is 29.3 Å². The van der Waals surface area contributed by atoms with Crippen molar-refractivity contribution in [2.45, 2.75) is 38.0 Å². The molecule has 0 radical (unpaired) electrons. The SMILES string of the molecule is Nc1c2c(nc3c1C[C@@H](c1c(Cl)cccc1Cl)C(=O)N3)CCCC2. The Morgan fingerprint density at radius 2 is 1.83 bits per heavy atom. The molecule has 1 aliphatic heterocycles. The third kappa shape index (κ3) is 2.45. The van der Waals surface area contributed by atoms with Gasteiger partial charge in [-0.15, -0.1) is 0 Å². The third-order valence-electron chi connectivity index (χ3n) is 4.94. The summed E-state index contributed by atoms with van der Waals surface area (Å²) < 4.78 is 0. The molecule has 1 atom stereocenters. The van der Waals surface area contributed by atoms with Gasteiger partial charge in [0.05, 0.1) is 5.92 Å². The van der Waals surface area contributed by atoms with Crippen LogP contribution in [0.4, 0.5) is 11.5 Å². The van der Waals surface area contributed by atoms with Crippen molar-refractivity contribution in [1.82, 2.24) is 4.98 Å². The van der Waals surface area contributed by atoms with Crippen molar-refractivity contribution in [3.8, 4) is 0 Å². The van der Waals surface area contributed by atoms with E-state index in [0.29, 0.717) is 27.8 Å². The Hall–Kier alpha value is -1.78. The van der Waals surface area contributed by atoms with Gasteiger partial charge in [-0.05, 0) is 49.8 Å². The number of anilines is 2. The quantitative estimate of drug-likeness (QED) is 0.802. The van der Waals surface area contributed by atoms with Gasteiger partial charge in [0, 0.05) is 32.6 Å². The molecule has 0 unspecified atom stereocenters. The van der Waals surface area contributed by atoms with E-state index < -0.39 is 5.92 Å². The monoisotopic (exact) mass is 361 g/mol. The van der Waals surface area contributed by atoms with Crippen molar-refractivity contribution in [2.75, 3.05) is 11.1 Å². The Bertz CT molecular complexity index is 830. The maximum Gasteiger partial charge on any atom is 0.233 e. The molecular formula is C18H17Cl2N3O. The number of nitrogens with one attached hydrogen (secondary N) is 1. The molecule has 124 valence electrons. The number of benzene rings is 1. The number of nitrogens with zero attached hydrogens (tertiary/aromatic N) is 1. The number of rotatable bonds is 1. The molecule has 24 heavy (non-hydrogen) atoms. The van der Waals surface area contributed by atoms with Crippen LogP contribution in [0.15, 0.2) is 18.2 Å². The fourth-order valence-electron chi connectivity index (χ4n) is 3.70. The number of amides is 1. The molecule has 4 rings (SSSR count). The first-order chi connectivity index (χ1) is 11.6. The van der Waals surface area contributed by atoms with Crippen molar-refractivity contribution in [3.05, 3.63) is 50.6 Å². The van der Waals surface area contributed by atoms with Gasteiger partial charge in [-0.25, -0.2) is 4.98 Å². The first-order valence-electron chi connectivity index (χ1n) is 8.11. The first kappa shape index (κ1) is 15.7. The average Bonchev–Trinajstić information content (AvgIpc) is 2.56. The van der Waals surface area contributed by atoms with Crippen LogP contribution in [0.3, 0.4) is 0 Å². The zero-order chi connectivity index (χ0) is 16.8. The van der Waals surface area contributed by atoms with Crippen molar-refractivity contribution >= 4 is 40.6 Å². The summed E-state index contributed by atoms with van der Waals surface area (Å²) in [5.41, 5.74) is 10.9. The third-order valence-corrected chi connectivity index (χ3v) is 5.60. The summed E-state index contributed by atoms with van der Waals surface area (Å²) in [5.74, 6) is 0.00201. The second-order valence-electron chi connectivity index (χ2n) is 6.37. The minimum atomic E-state index is -0.454. The van der Waals surface area contributed by atoms with E-state index in [4.69, 9.17) is 28.9 Å². The van der Waals surface area contributed by atoms with Gasteiger partial charge < -0.3 is 11.1 Å². The molecule has 1 amide bonds. The smallest absolute Gasteiger partial charge is 0.233 e. The van der Waals surface area contributed by atoms with E-state index >= 15 is 0 Å². The Balaban J connectivity index is 1.81. The van der Waals surface area contributed by atoms with Gasteiger partial charge in [0.25, 0.3) is 0 Å². The number of pyridine rings is 1. The van der Waals surface area contributed by atoms with E-state index in [1.807, 2.05) is 0 Å². The van der Waals surface area contributed by atoms with Gasteiger partial charge >= 0.3 is 0 Å². The summed E-state index contributed by atoms with van der Waals surface area (Å²) in [5, 5.41) is 3.90. The van der Waals surface area contributed by atoms with Crippen LogP contribution in [-0.2, 0) is 24.1 Å². The van der Waals surface area contributed by atoms with Crippen molar-refractivity contribution in [3.63, 3.8) is 0 Å². The summed E-state index contributed by atoms with van der Waals surface area (Å²) in [7, 11) is 0. The predicted octanol–water partition coefficient (Wildman–Crippen LogP) is 4.13. The molecule has 0 bridgehead atoms. The van der Waals surface area contributed by atoms with Crippen LogP contribution < -0.4 is 11.1 Å². The number of nitrogen functional groups attached to an aromatic ring is 1. The molecule has 1 aromatic carbocycles.